The Morgan fingerprint density at radius 3 is 2.85 bits per heavy atom. The van der Waals surface area contributed by atoms with Gasteiger partial charge in [-0.05, 0) is 43.5 Å². The van der Waals surface area contributed by atoms with Crippen molar-refractivity contribution in [3.8, 4) is 6.07 Å². The van der Waals surface area contributed by atoms with Gasteiger partial charge in [0.1, 0.15) is 5.82 Å². The molecule has 1 amide bonds. The van der Waals surface area contributed by atoms with Crippen molar-refractivity contribution in [2.45, 2.75) is 36.4 Å². The Balaban J connectivity index is 1.39. The van der Waals surface area contributed by atoms with E-state index in [1.54, 1.807) is 42.2 Å². The first-order valence-corrected chi connectivity index (χ1v) is 14.6. The van der Waals surface area contributed by atoms with Gasteiger partial charge in [0.05, 0.1) is 28.2 Å². The quantitative estimate of drug-likeness (QED) is 0.200. The molecule has 41 heavy (non-hydrogen) atoms. The number of amides is 1. The maximum absolute atomic E-state index is 13.2. The van der Waals surface area contributed by atoms with Gasteiger partial charge in [-0.1, -0.05) is 52.9 Å². The van der Waals surface area contributed by atoms with E-state index >= 15 is 0 Å². The molecule has 0 fully saturated rings. The Morgan fingerprint density at radius 2 is 2.12 bits per heavy atom. The molecule has 0 spiro atoms. The largest absolute Gasteiger partial charge is 0.384 e. The highest BCUT2D eigenvalue weighted by Gasteiger charge is 2.41. The summed E-state index contributed by atoms with van der Waals surface area (Å²) in [6.45, 7) is 1.62. The molecule has 2 heterocycles. The summed E-state index contributed by atoms with van der Waals surface area (Å²) in [6, 6.07) is 13.7. The lowest BCUT2D eigenvalue weighted by molar-refractivity contribution is -0.385. The van der Waals surface area contributed by atoms with Gasteiger partial charge in [0.2, 0.25) is 11.0 Å². The molecule has 1 atom stereocenters. The molecule has 5 rings (SSSR count). The van der Waals surface area contributed by atoms with Crippen LogP contribution >= 0.6 is 34.7 Å². The van der Waals surface area contributed by atoms with E-state index in [0.29, 0.717) is 61.8 Å². The first kappa shape index (κ1) is 28.3. The number of nitro benzene ring substituents is 1. The third kappa shape index (κ3) is 5.67. The van der Waals surface area contributed by atoms with Crippen LogP contribution in [0.4, 0.5) is 16.5 Å². The van der Waals surface area contributed by atoms with Crippen LogP contribution in [-0.4, -0.2) is 32.6 Å². The van der Waals surface area contributed by atoms with Gasteiger partial charge < -0.3 is 11.1 Å². The van der Waals surface area contributed by atoms with Gasteiger partial charge in [-0.25, -0.2) is 0 Å². The molecule has 1 aliphatic heterocycles. The highest BCUT2D eigenvalue weighted by Crippen LogP contribution is 2.47. The smallest absolute Gasteiger partial charge is 0.274 e. The Bertz CT molecular complexity index is 1690. The molecule has 0 saturated carbocycles. The predicted octanol–water partition coefficient (Wildman–Crippen LogP) is 5.44. The number of benzene rings is 2. The van der Waals surface area contributed by atoms with Crippen molar-refractivity contribution in [3.63, 3.8) is 0 Å². The lowest BCUT2D eigenvalue weighted by Crippen LogP contribution is -2.38. The third-order valence-corrected chi connectivity index (χ3v) is 8.98. The fourth-order valence-electron chi connectivity index (χ4n) is 4.88. The van der Waals surface area contributed by atoms with Crippen molar-refractivity contribution < 1.29 is 14.5 Å². The van der Waals surface area contributed by atoms with E-state index < -0.39 is 10.8 Å². The van der Waals surface area contributed by atoms with E-state index in [2.05, 4.69) is 21.6 Å². The lowest BCUT2D eigenvalue weighted by Gasteiger charge is -2.38. The Labute approximate surface area is 247 Å². The molecule has 0 saturated heterocycles. The Kier molecular flexibility index (Phi) is 8.07. The molecule has 1 aliphatic carbocycles. The van der Waals surface area contributed by atoms with Crippen LogP contribution in [0.15, 0.2) is 69.5 Å². The first-order chi connectivity index (χ1) is 19.7. The van der Waals surface area contributed by atoms with E-state index in [1.165, 1.54) is 17.4 Å². The first-order valence-electron chi connectivity index (χ1n) is 12.4. The summed E-state index contributed by atoms with van der Waals surface area (Å²) >= 11 is 8.55. The minimum Gasteiger partial charge on any atom is -0.384 e. The van der Waals surface area contributed by atoms with Crippen LogP contribution in [0, 0.1) is 28.4 Å². The highest BCUT2D eigenvalue weighted by molar-refractivity contribution is 8.01. The summed E-state index contributed by atoms with van der Waals surface area (Å²) in [5.41, 5.74) is 9.40. The number of aryl methyl sites for hydroxylation is 1. The Morgan fingerprint density at radius 1 is 1.32 bits per heavy atom. The van der Waals surface area contributed by atoms with Crippen molar-refractivity contribution in [3.05, 3.63) is 91.4 Å². The number of carbonyl (C=O) groups is 2. The summed E-state index contributed by atoms with van der Waals surface area (Å²) in [7, 11) is 0. The summed E-state index contributed by atoms with van der Waals surface area (Å²) in [6.07, 6.45) is 1.55. The van der Waals surface area contributed by atoms with Crippen LogP contribution in [-0.2, 0) is 9.59 Å². The van der Waals surface area contributed by atoms with Gasteiger partial charge >= 0.3 is 0 Å². The minimum atomic E-state index is -0.638. The molecular formula is C27H22ClN7O4S2. The SMILES string of the molecule is Cc1ccc(NC(=O)CSc2nnc(N3C(N)=C(C#N)C(c4cccc(Cl)c4)C4=C3CCCC4=O)s2)cc1[N+](=O)[O-]. The second-order valence-electron chi connectivity index (χ2n) is 9.32. The van der Waals surface area contributed by atoms with Gasteiger partial charge in [0.25, 0.3) is 5.69 Å². The molecule has 14 heteroatoms. The van der Waals surface area contributed by atoms with E-state index in [-0.39, 0.29) is 34.5 Å². The van der Waals surface area contributed by atoms with E-state index in [4.69, 9.17) is 17.3 Å². The number of hydrogen-bond acceptors (Lipinski definition) is 11. The normalized spacial score (nSPS) is 16.9. The van der Waals surface area contributed by atoms with Crippen LogP contribution < -0.4 is 16.0 Å². The van der Waals surface area contributed by atoms with E-state index in [1.807, 2.05) is 6.07 Å². The number of halogens is 1. The number of ketones is 1. The highest BCUT2D eigenvalue weighted by atomic mass is 35.5. The summed E-state index contributed by atoms with van der Waals surface area (Å²) in [4.78, 5) is 38.1. The molecule has 208 valence electrons. The van der Waals surface area contributed by atoms with Crippen LogP contribution in [0.25, 0.3) is 0 Å². The maximum atomic E-state index is 13.2. The molecular weight excluding hydrogens is 586 g/mol. The van der Waals surface area contributed by atoms with Crippen LogP contribution in [0.5, 0.6) is 0 Å². The average molecular weight is 608 g/mol. The molecule has 1 unspecified atom stereocenters. The van der Waals surface area contributed by atoms with Crippen molar-refractivity contribution in [1.82, 2.24) is 10.2 Å². The average Bonchev–Trinajstić information content (AvgIpc) is 3.40. The number of thioether (sulfide) groups is 1. The van der Waals surface area contributed by atoms with E-state index in [9.17, 15) is 25.0 Å². The predicted molar refractivity (Wildman–Crippen MR) is 156 cm³/mol. The number of carbonyl (C=O) groups excluding carboxylic acids is 2. The van der Waals surface area contributed by atoms with Gasteiger partial charge in [-0.2, -0.15) is 5.26 Å². The molecule has 2 aromatic carbocycles. The topological polar surface area (TPSA) is 168 Å². The number of rotatable bonds is 7. The van der Waals surface area contributed by atoms with Crippen molar-refractivity contribution in [1.29, 1.82) is 5.26 Å². The lowest BCUT2D eigenvalue weighted by atomic mass is 9.76. The standard InChI is InChI=1S/C27H22ClN7O4S2/c1-14-8-9-17(11-20(14)35(38)39)31-22(37)13-40-27-33-32-26(41-27)34-19-6-3-7-21(36)24(19)23(18(12-29)25(34)30)15-4-2-5-16(28)10-15/h2,4-5,8-11,23H,3,6-7,13,30H2,1H3,(H,31,37). The molecule has 3 N–H and O–H groups in total. The van der Waals surface area contributed by atoms with Gasteiger partial charge in [-0.3, -0.25) is 24.6 Å². The third-order valence-electron chi connectivity index (χ3n) is 6.70. The second kappa shape index (κ2) is 11.7. The number of nitriles is 1. The zero-order chi connectivity index (χ0) is 29.3. The molecule has 0 bridgehead atoms. The van der Waals surface area contributed by atoms with Gasteiger partial charge in [-0.15, -0.1) is 10.2 Å². The fraction of sp³-hybridized carbons (Fsp3) is 0.222. The van der Waals surface area contributed by atoms with Crippen LogP contribution in [0.2, 0.25) is 5.02 Å². The molecule has 1 aromatic heterocycles. The number of allylic oxidation sites excluding steroid dienone is 3. The van der Waals surface area contributed by atoms with Gasteiger partial charge in [0, 0.05) is 40.0 Å². The van der Waals surface area contributed by atoms with Crippen molar-refractivity contribution >= 4 is 62.9 Å². The summed E-state index contributed by atoms with van der Waals surface area (Å²) in [5.74, 6) is -0.929. The van der Waals surface area contributed by atoms with Gasteiger partial charge in [0.15, 0.2) is 10.1 Å². The number of nitrogens with one attached hydrogen (secondary N) is 1. The summed E-state index contributed by atoms with van der Waals surface area (Å²) < 4.78 is 0.470. The number of Topliss-reactive ketones (excluding diaryl/α,β-unsaturated/α-hetero) is 1. The maximum Gasteiger partial charge on any atom is 0.274 e. The number of nitrogens with zero attached hydrogens (tertiary/aromatic N) is 5. The second-order valence-corrected chi connectivity index (χ2v) is 11.9. The van der Waals surface area contributed by atoms with Crippen molar-refractivity contribution in [2.24, 2.45) is 5.73 Å². The molecule has 3 aromatic rings. The van der Waals surface area contributed by atoms with Crippen LogP contribution in [0.1, 0.15) is 36.3 Å². The number of aromatic nitrogens is 2. The number of nitro groups is 1. The zero-order valence-electron chi connectivity index (χ0n) is 21.6. The molecule has 0 radical (unpaired) electrons. The molecule has 2 aliphatic rings. The molecule has 11 nitrogen and oxygen atoms in total. The number of anilines is 2. The van der Waals surface area contributed by atoms with E-state index in [0.717, 1.165) is 11.8 Å². The van der Waals surface area contributed by atoms with Crippen molar-refractivity contribution in [2.75, 3.05) is 16.0 Å². The Hall–Kier alpha value is -4.25. The zero-order valence-corrected chi connectivity index (χ0v) is 24.0. The fourth-order valence-corrected chi connectivity index (χ4v) is 6.76. The number of hydrogen-bond donors (Lipinski definition) is 2. The monoisotopic (exact) mass is 607 g/mol. The number of nitrogens with two attached hydrogens (primary N) is 1. The van der Waals surface area contributed by atoms with Crippen LogP contribution in [0.3, 0.4) is 0 Å². The minimum absolute atomic E-state index is 0.0195. The summed E-state index contributed by atoms with van der Waals surface area (Å²) in [5, 5.41) is 33.3.